The summed E-state index contributed by atoms with van der Waals surface area (Å²) in [5.74, 6) is -1.07. The van der Waals surface area contributed by atoms with Crippen molar-refractivity contribution in [2.24, 2.45) is 5.73 Å². The molecule has 0 bridgehead atoms. The summed E-state index contributed by atoms with van der Waals surface area (Å²) in [7, 11) is 0. The van der Waals surface area contributed by atoms with E-state index in [9.17, 15) is 4.79 Å². The largest absolute Gasteiger partial charge is 0.480 e. The monoisotopic (exact) mass is 137 g/mol. The van der Waals surface area contributed by atoms with Crippen LogP contribution in [0.25, 0.3) is 0 Å². The van der Waals surface area contributed by atoms with Gasteiger partial charge in [-0.3, -0.25) is 4.79 Å². The molecular weight excluding hydrogens is 126 g/mol. The molecule has 0 amide bonds. The van der Waals surface area contributed by atoms with Crippen LogP contribution in [-0.4, -0.2) is 34.3 Å². The topological polar surface area (TPSA) is 115 Å². The number of hydrogen-bond donors (Lipinski definition) is 3. The van der Waals surface area contributed by atoms with E-state index in [1.54, 1.807) is 0 Å². The molecule has 1 atom stereocenters. The highest BCUT2D eigenvalue weighted by Gasteiger charge is 2.08. The van der Waals surface area contributed by atoms with Crippen molar-refractivity contribution >= 4 is 5.97 Å². The van der Waals surface area contributed by atoms with Crippen LogP contribution in [0.2, 0.25) is 0 Å². The van der Waals surface area contributed by atoms with Crippen LogP contribution in [0.5, 0.6) is 0 Å². The Morgan fingerprint density at radius 1 is 1.67 bits per heavy atom. The second-order valence-electron chi connectivity index (χ2n) is 1.46. The van der Waals surface area contributed by atoms with Gasteiger partial charge in [0.15, 0.2) is 0 Å². The minimum Gasteiger partial charge on any atom is -0.480 e. The van der Waals surface area contributed by atoms with Gasteiger partial charge in [0.25, 0.3) is 0 Å². The van der Waals surface area contributed by atoms with Gasteiger partial charge in [-0.05, 0) is 6.42 Å². The van der Waals surface area contributed by atoms with E-state index in [0.717, 1.165) is 0 Å². The zero-order valence-corrected chi connectivity index (χ0v) is 4.87. The number of aliphatic hydroxyl groups excluding tert-OH is 1. The number of carbonyl (C=O) groups is 1. The first-order chi connectivity index (χ1) is 3.68. The number of carboxylic acid groups (broad SMARTS) is 1. The molecule has 0 heterocycles. The molecule has 0 aromatic rings. The minimum atomic E-state index is -1.07. The van der Waals surface area contributed by atoms with E-state index in [1.165, 1.54) is 0 Å². The molecule has 9 heavy (non-hydrogen) atoms. The molecule has 0 aliphatic heterocycles. The van der Waals surface area contributed by atoms with E-state index >= 15 is 0 Å². The zero-order valence-electron chi connectivity index (χ0n) is 4.87. The van der Waals surface area contributed by atoms with Crippen LogP contribution in [0, 0.1) is 0 Å². The summed E-state index contributed by atoms with van der Waals surface area (Å²) in [5.41, 5.74) is 4.97. The molecule has 0 rings (SSSR count). The number of carboxylic acids is 1. The number of rotatable bonds is 3. The van der Waals surface area contributed by atoms with Crippen LogP contribution in [-0.2, 0) is 4.79 Å². The summed E-state index contributed by atoms with van der Waals surface area (Å²) in [4.78, 5) is 9.85. The fourth-order valence-corrected chi connectivity index (χ4v) is 0.263. The quantitative estimate of drug-likeness (QED) is 0.415. The summed E-state index contributed by atoms with van der Waals surface area (Å²) in [6.07, 6.45) is 0.120. The average Bonchev–Trinajstić information content (AvgIpc) is 1.67. The molecular formula is C4H11NO4. The van der Waals surface area contributed by atoms with Gasteiger partial charge in [-0.1, -0.05) is 0 Å². The summed E-state index contributed by atoms with van der Waals surface area (Å²) in [6, 6.07) is -0.917. The summed E-state index contributed by atoms with van der Waals surface area (Å²) < 4.78 is 0. The predicted molar refractivity (Wildman–Crippen MR) is 30.9 cm³/mol. The Hall–Kier alpha value is -0.650. The van der Waals surface area contributed by atoms with Crippen LogP contribution < -0.4 is 5.73 Å². The number of nitrogens with two attached hydrogens (primary N) is 1. The standard InChI is InChI=1S/C4H9NO3.H2O/c5-3(1-2-6)4(7)8;/h3,6H,1-2,5H2,(H,7,8);1H2. The van der Waals surface area contributed by atoms with E-state index in [2.05, 4.69) is 0 Å². The molecule has 1 unspecified atom stereocenters. The van der Waals surface area contributed by atoms with Crippen molar-refractivity contribution in [3.63, 3.8) is 0 Å². The van der Waals surface area contributed by atoms with Crippen LogP contribution in [0.1, 0.15) is 6.42 Å². The van der Waals surface area contributed by atoms with E-state index in [-0.39, 0.29) is 18.5 Å². The normalized spacial score (nSPS) is 11.8. The number of aliphatic carboxylic acids is 1. The van der Waals surface area contributed by atoms with Crippen molar-refractivity contribution in [3.8, 4) is 0 Å². The van der Waals surface area contributed by atoms with Crippen molar-refractivity contribution < 1.29 is 20.5 Å². The second kappa shape index (κ2) is 5.49. The molecule has 5 heteroatoms. The molecule has 0 aliphatic rings. The third-order valence-electron chi connectivity index (χ3n) is 0.757. The molecule has 0 aromatic heterocycles. The lowest BCUT2D eigenvalue weighted by atomic mass is 10.2. The fourth-order valence-electron chi connectivity index (χ4n) is 0.263. The molecule has 0 fully saturated rings. The van der Waals surface area contributed by atoms with Gasteiger partial charge in [0.1, 0.15) is 6.04 Å². The molecule has 0 saturated heterocycles. The molecule has 0 radical (unpaired) electrons. The first-order valence-corrected chi connectivity index (χ1v) is 2.27. The number of hydrogen-bond acceptors (Lipinski definition) is 3. The average molecular weight is 137 g/mol. The maximum absolute atomic E-state index is 9.85. The van der Waals surface area contributed by atoms with Crippen LogP contribution in [0.4, 0.5) is 0 Å². The zero-order chi connectivity index (χ0) is 6.57. The first-order valence-electron chi connectivity index (χ1n) is 2.27. The smallest absolute Gasteiger partial charge is 0.320 e. The van der Waals surface area contributed by atoms with Crippen molar-refractivity contribution in [1.29, 1.82) is 0 Å². The van der Waals surface area contributed by atoms with Gasteiger partial charge in [0.05, 0.1) is 0 Å². The molecule has 5 nitrogen and oxygen atoms in total. The van der Waals surface area contributed by atoms with Crippen molar-refractivity contribution in [3.05, 3.63) is 0 Å². The molecule has 56 valence electrons. The summed E-state index contributed by atoms with van der Waals surface area (Å²) >= 11 is 0. The number of aliphatic hydroxyl groups is 1. The van der Waals surface area contributed by atoms with E-state index in [1.807, 2.05) is 0 Å². The Balaban J connectivity index is 0. The van der Waals surface area contributed by atoms with Gasteiger partial charge in [0.2, 0.25) is 0 Å². The first kappa shape index (κ1) is 11.2. The lowest BCUT2D eigenvalue weighted by Crippen LogP contribution is -2.30. The van der Waals surface area contributed by atoms with Crippen molar-refractivity contribution in [1.82, 2.24) is 0 Å². The predicted octanol–water partition coefficient (Wildman–Crippen LogP) is -2.04. The van der Waals surface area contributed by atoms with E-state index in [4.69, 9.17) is 15.9 Å². The maximum atomic E-state index is 9.85. The van der Waals surface area contributed by atoms with Crippen molar-refractivity contribution in [2.45, 2.75) is 12.5 Å². The minimum absolute atomic E-state index is 0. The highest BCUT2D eigenvalue weighted by molar-refractivity contribution is 5.72. The highest BCUT2D eigenvalue weighted by Crippen LogP contribution is 1.83. The van der Waals surface area contributed by atoms with Gasteiger partial charge in [-0.15, -0.1) is 0 Å². The highest BCUT2D eigenvalue weighted by atomic mass is 16.4. The van der Waals surface area contributed by atoms with Gasteiger partial charge >= 0.3 is 5.97 Å². The molecule has 0 aliphatic carbocycles. The Morgan fingerprint density at radius 3 is 2.22 bits per heavy atom. The Bertz CT molecular complexity index is 84.6. The Morgan fingerprint density at radius 2 is 2.11 bits per heavy atom. The van der Waals surface area contributed by atoms with Gasteiger partial charge in [-0.2, -0.15) is 0 Å². The van der Waals surface area contributed by atoms with Gasteiger partial charge in [-0.25, -0.2) is 0 Å². The lowest BCUT2D eigenvalue weighted by molar-refractivity contribution is -0.138. The molecule has 0 spiro atoms. The lowest BCUT2D eigenvalue weighted by Gasteiger charge is -2.00. The van der Waals surface area contributed by atoms with Crippen LogP contribution >= 0.6 is 0 Å². The van der Waals surface area contributed by atoms with Crippen LogP contribution in [0.15, 0.2) is 0 Å². The van der Waals surface area contributed by atoms with Gasteiger partial charge < -0.3 is 21.4 Å². The van der Waals surface area contributed by atoms with Crippen molar-refractivity contribution in [2.75, 3.05) is 6.61 Å². The fraction of sp³-hybridized carbons (Fsp3) is 0.750. The third kappa shape index (κ3) is 5.22. The second-order valence-corrected chi connectivity index (χ2v) is 1.46. The Kier molecular flexibility index (Phi) is 6.82. The van der Waals surface area contributed by atoms with Gasteiger partial charge in [0, 0.05) is 6.61 Å². The Labute approximate surface area is 52.4 Å². The van der Waals surface area contributed by atoms with Crippen LogP contribution in [0.3, 0.4) is 0 Å². The molecule has 0 saturated carbocycles. The molecule has 0 aromatic carbocycles. The summed E-state index contributed by atoms with van der Waals surface area (Å²) in [5, 5.41) is 16.2. The molecule has 6 N–H and O–H groups in total. The summed E-state index contributed by atoms with van der Waals surface area (Å²) in [6.45, 7) is -0.173. The van der Waals surface area contributed by atoms with E-state index in [0.29, 0.717) is 0 Å². The van der Waals surface area contributed by atoms with E-state index < -0.39 is 12.0 Å². The SMILES string of the molecule is NC(CCO)C(=O)O.O. The third-order valence-corrected chi connectivity index (χ3v) is 0.757. The maximum Gasteiger partial charge on any atom is 0.320 e.